The van der Waals surface area contributed by atoms with Crippen molar-refractivity contribution in [3.8, 4) is 0 Å². The van der Waals surface area contributed by atoms with E-state index in [2.05, 4.69) is 15.3 Å². The molecule has 1 aromatic carbocycles. The number of likely N-dealkylation sites (tertiary alicyclic amines) is 1. The molecule has 4 rings (SSSR count). The van der Waals surface area contributed by atoms with Crippen molar-refractivity contribution in [2.45, 2.75) is 18.5 Å². The van der Waals surface area contributed by atoms with Crippen LogP contribution in [0.3, 0.4) is 0 Å². The molecule has 0 bridgehead atoms. The topological polar surface area (TPSA) is 81.2 Å². The van der Waals surface area contributed by atoms with Gasteiger partial charge in [-0.2, -0.15) is 0 Å². The van der Waals surface area contributed by atoms with Crippen LogP contribution in [0.5, 0.6) is 0 Å². The van der Waals surface area contributed by atoms with Crippen LogP contribution in [0.25, 0.3) is 21.9 Å². The Labute approximate surface area is 171 Å². The van der Waals surface area contributed by atoms with Gasteiger partial charge < -0.3 is 20.4 Å². The van der Waals surface area contributed by atoms with Gasteiger partial charge in [-0.25, -0.2) is 18.2 Å². The highest BCUT2D eigenvalue weighted by Gasteiger charge is 2.49. The number of aromatic nitrogens is 3. The number of alkyl halides is 2. The van der Waals surface area contributed by atoms with Crippen molar-refractivity contribution in [1.29, 1.82) is 0 Å². The largest absolute Gasteiger partial charge is 0.399 e. The van der Waals surface area contributed by atoms with Crippen LogP contribution in [0.1, 0.15) is 11.9 Å². The zero-order chi connectivity index (χ0) is 21.5. The maximum Gasteiger partial charge on any atom is 0.282 e. The summed E-state index contributed by atoms with van der Waals surface area (Å²) in [6, 6.07) is 3.00. The molecule has 1 fully saturated rings. The Hall–Kier alpha value is -2.85. The first-order valence-corrected chi connectivity index (χ1v) is 9.48. The summed E-state index contributed by atoms with van der Waals surface area (Å²) < 4.78 is 50.3. The number of halogens is 3. The lowest BCUT2D eigenvalue weighted by molar-refractivity contribution is -0.0201. The fourth-order valence-corrected chi connectivity index (χ4v) is 3.97. The molecule has 1 saturated heterocycles. The summed E-state index contributed by atoms with van der Waals surface area (Å²) in [5, 5.41) is 3.46. The average molecular weight is 420 g/mol. The summed E-state index contributed by atoms with van der Waals surface area (Å²) in [4.78, 5) is 10.4. The smallest absolute Gasteiger partial charge is 0.282 e. The van der Waals surface area contributed by atoms with Crippen molar-refractivity contribution in [3.63, 3.8) is 0 Å². The summed E-state index contributed by atoms with van der Waals surface area (Å²) in [7, 11) is 3.18. The number of imidazole rings is 1. The minimum atomic E-state index is -2.97. The van der Waals surface area contributed by atoms with Crippen LogP contribution in [0.4, 0.5) is 13.2 Å². The molecule has 7 nitrogen and oxygen atoms in total. The van der Waals surface area contributed by atoms with Gasteiger partial charge in [-0.3, -0.25) is 9.88 Å². The van der Waals surface area contributed by atoms with Crippen molar-refractivity contribution in [2.75, 3.05) is 33.9 Å². The summed E-state index contributed by atoms with van der Waals surface area (Å²) in [6.07, 6.45) is 3.09. The number of benzene rings is 1. The second kappa shape index (κ2) is 7.77. The Bertz CT molecular complexity index is 1110. The second-order valence-electron chi connectivity index (χ2n) is 7.56. The summed E-state index contributed by atoms with van der Waals surface area (Å²) in [6.45, 7) is 0.184. The molecular weight excluding hydrogens is 397 g/mol. The Morgan fingerprint density at radius 2 is 2.20 bits per heavy atom. The number of nitrogens with one attached hydrogen (secondary N) is 1. The number of fused-ring (bicyclic) bond motifs is 3. The van der Waals surface area contributed by atoms with Gasteiger partial charge >= 0.3 is 0 Å². The van der Waals surface area contributed by atoms with Crippen molar-refractivity contribution in [3.05, 3.63) is 47.9 Å². The normalized spacial score (nSPS) is 19.8. The van der Waals surface area contributed by atoms with Gasteiger partial charge in [0.15, 0.2) is 0 Å². The highest BCUT2D eigenvalue weighted by atomic mass is 19.3. The molecule has 3 N–H and O–H groups in total. The van der Waals surface area contributed by atoms with E-state index >= 15 is 0 Å². The molecule has 0 spiro atoms. The summed E-state index contributed by atoms with van der Waals surface area (Å²) >= 11 is 0. The van der Waals surface area contributed by atoms with Crippen molar-refractivity contribution in [2.24, 2.45) is 5.73 Å². The molecule has 2 aromatic heterocycles. The first kappa shape index (κ1) is 20.4. The van der Waals surface area contributed by atoms with Crippen LogP contribution in [-0.4, -0.2) is 59.2 Å². The number of likely N-dealkylation sites (N-methyl/N-ethyl adjacent to an activating group) is 1. The lowest BCUT2D eigenvalue weighted by Gasteiger charge is -2.23. The van der Waals surface area contributed by atoms with Gasteiger partial charge in [-0.05, 0) is 25.2 Å². The van der Waals surface area contributed by atoms with Crippen LogP contribution in [0, 0.1) is 5.82 Å². The standard InChI is InChI=1S/C20H23F3N6O/c1-28-9-17(20(22,23)11-28)29-18(8-25-6-13(24)10-30-2)27-16-7-26-15-4-3-12(21)5-14(15)19(16)29/h3-7,17,25H,8-11,24H2,1-2H3/b13-6-. The molecule has 30 heavy (non-hydrogen) atoms. The second-order valence-corrected chi connectivity index (χ2v) is 7.56. The molecule has 1 atom stereocenters. The van der Waals surface area contributed by atoms with E-state index in [1.165, 1.54) is 36.1 Å². The Kier molecular flexibility index (Phi) is 5.29. The maximum absolute atomic E-state index is 14.9. The number of pyridine rings is 1. The van der Waals surface area contributed by atoms with E-state index in [4.69, 9.17) is 10.5 Å². The number of nitrogens with zero attached hydrogens (tertiary/aromatic N) is 4. The molecule has 1 aliphatic heterocycles. The first-order chi connectivity index (χ1) is 14.3. The highest BCUT2D eigenvalue weighted by molar-refractivity contribution is 6.02. The zero-order valence-electron chi connectivity index (χ0n) is 16.7. The predicted molar refractivity (Wildman–Crippen MR) is 107 cm³/mol. The van der Waals surface area contributed by atoms with Gasteiger partial charge in [0.1, 0.15) is 23.2 Å². The Balaban J connectivity index is 1.87. The molecule has 1 aliphatic rings. The van der Waals surface area contributed by atoms with Gasteiger partial charge in [0.2, 0.25) is 0 Å². The highest BCUT2D eigenvalue weighted by Crippen LogP contribution is 2.40. The number of hydrogen-bond donors (Lipinski definition) is 2. The third-order valence-corrected chi connectivity index (χ3v) is 5.17. The van der Waals surface area contributed by atoms with E-state index in [0.717, 1.165) is 0 Å². The maximum atomic E-state index is 14.9. The van der Waals surface area contributed by atoms with E-state index in [-0.39, 0.29) is 26.2 Å². The van der Waals surface area contributed by atoms with E-state index in [0.29, 0.717) is 33.5 Å². The van der Waals surface area contributed by atoms with Crippen LogP contribution in [0.2, 0.25) is 0 Å². The molecule has 3 heterocycles. The fraction of sp³-hybridized carbons (Fsp3) is 0.400. The third-order valence-electron chi connectivity index (χ3n) is 5.17. The molecule has 0 aliphatic carbocycles. The van der Waals surface area contributed by atoms with Gasteiger partial charge in [0, 0.05) is 25.2 Å². The monoisotopic (exact) mass is 420 g/mol. The molecule has 0 saturated carbocycles. The zero-order valence-corrected chi connectivity index (χ0v) is 16.7. The van der Waals surface area contributed by atoms with Gasteiger partial charge in [0.05, 0.1) is 42.6 Å². The lowest BCUT2D eigenvalue weighted by atomic mass is 10.1. The van der Waals surface area contributed by atoms with Crippen LogP contribution in [0.15, 0.2) is 36.3 Å². The first-order valence-electron chi connectivity index (χ1n) is 9.48. The molecular formula is C20H23F3N6O. The van der Waals surface area contributed by atoms with Crippen molar-refractivity contribution in [1.82, 2.24) is 24.8 Å². The van der Waals surface area contributed by atoms with Gasteiger partial charge in [-0.15, -0.1) is 0 Å². The Morgan fingerprint density at radius 3 is 2.90 bits per heavy atom. The summed E-state index contributed by atoms with van der Waals surface area (Å²) in [5.74, 6) is -3.04. The predicted octanol–water partition coefficient (Wildman–Crippen LogP) is 2.38. The number of rotatable bonds is 6. The molecule has 3 aromatic rings. The van der Waals surface area contributed by atoms with Gasteiger partial charge in [0.25, 0.3) is 5.92 Å². The van der Waals surface area contributed by atoms with E-state index in [1.807, 2.05) is 0 Å². The van der Waals surface area contributed by atoms with Crippen molar-refractivity contribution < 1.29 is 17.9 Å². The third kappa shape index (κ3) is 3.68. The molecule has 160 valence electrons. The van der Waals surface area contributed by atoms with Crippen molar-refractivity contribution >= 4 is 21.9 Å². The van der Waals surface area contributed by atoms with E-state index in [1.54, 1.807) is 18.1 Å². The number of ether oxygens (including phenoxy) is 1. The van der Waals surface area contributed by atoms with E-state index < -0.39 is 17.8 Å². The number of methoxy groups -OCH3 is 1. The molecule has 1 unspecified atom stereocenters. The fourth-order valence-electron chi connectivity index (χ4n) is 3.97. The lowest BCUT2D eigenvalue weighted by Crippen LogP contribution is -2.31. The summed E-state index contributed by atoms with van der Waals surface area (Å²) in [5.41, 5.74) is 7.66. The molecule has 0 amide bonds. The van der Waals surface area contributed by atoms with Crippen LogP contribution < -0.4 is 11.1 Å². The number of nitrogens with two attached hydrogens (primary N) is 1. The molecule has 10 heteroatoms. The van der Waals surface area contributed by atoms with E-state index in [9.17, 15) is 13.2 Å². The SMILES string of the molecule is COC/C(N)=C/NCc1nc2cnc3ccc(F)cc3c2n1C1CN(C)CC1(F)F. The molecule has 0 radical (unpaired) electrons. The quantitative estimate of drug-likeness (QED) is 0.637. The minimum Gasteiger partial charge on any atom is -0.399 e. The minimum absolute atomic E-state index is 0.145. The van der Waals surface area contributed by atoms with Crippen LogP contribution in [-0.2, 0) is 11.3 Å². The average Bonchev–Trinajstić information content (AvgIpc) is 3.17. The van der Waals surface area contributed by atoms with Crippen LogP contribution >= 0.6 is 0 Å². The van der Waals surface area contributed by atoms with Gasteiger partial charge in [-0.1, -0.05) is 0 Å². The Morgan fingerprint density at radius 1 is 1.40 bits per heavy atom. The number of hydrogen-bond acceptors (Lipinski definition) is 6.